The van der Waals surface area contributed by atoms with E-state index in [4.69, 9.17) is 5.11 Å². The van der Waals surface area contributed by atoms with Crippen LogP contribution in [-0.4, -0.2) is 16.1 Å². The maximum atomic E-state index is 13.0. The van der Waals surface area contributed by atoms with Gasteiger partial charge < -0.3 is 10.1 Å². The van der Waals surface area contributed by atoms with Gasteiger partial charge in [0.1, 0.15) is 5.82 Å². The number of nitrogens with one attached hydrogen (secondary N) is 1. The third-order valence-electron chi connectivity index (χ3n) is 3.10. The molecule has 0 radical (unpaired) electrons. The van der Waals surface area contributed by atoms with Gasteiger partial charge in [-0.2, -0.15) is 0 Å². The van der Waals surface area contributed by atoms with E-state index in [0.29, 0.717) is 16.5 Å². The number of carbonyl (C=O) groups is 1. The number of H-pyrrole nitrogens is 1. The van der Waals surface area contributed by atoms with Crippen LogP contribution in [-0.2, 0) is 11.2 Å². The van der Waals surface area contributed by atoms with Crippen molar-refractivity contribution in [1.82, 2.24) is 4.98 Å². The minimum absolute atomic E-state index is 0.116. The van der Waals surface area contributed by atoms with Crippen molar-refractivity contribution in [2.45, 2.75) is 20.3 Å². The minimum atomic E-state index is -1.03. The zero-order valence-corrected chi connectivity index (χ0v) is 10.7. The Hall–Kier alpha value is -2.17. The van der Waals surface area contributed by atoms with Gasteiger partial charge in [-0.05, 0) is 49.9 Å². The van der Waals surface area contributed by atoms with Gasteiger partial charge in [0.2, 0.25) is 0 Å². The topological polar surface area (TPSA) is 70.2 Å². The average molecular weight is 263 g/mol. The molecule has 2 rings (SSSR count). The molecule has 0 unspecified atom stereocenters. The van der Waals surface area contributed by atoms with E-state index in [0.717, 1.165) is 0 Å². The Morgan fingerprint density at radius 2 is 2.05 bits per heavy atom. The highest BCUT2D eigenvalue weighted by Gasteiger charge is 2.28. The summed E-state index contributed by atoms with van der Waals surface area (Å²) in [6, 6.07) is 5.70. The largest absolute Gasteiger partial charge is 0.481 e. The number of aromatic amines is 1. The second kappa shape index (κ2) is 4.50. The quantitative estimate of drug-likeness (QED) is 0.892. The second-order valence-corrected chi connectivity index (χ2v) is 5.22. The smallest absolute Gasteiger partial charge is 0.309 e. The molecule has 1 aromatic carbocycles. The van der Waals surface area contributed by atoms with Crippen LogP contribution in [0.1, 0.15) is 19.4 Å². The summed E-state index contributed by atoms with van der Waals surface area (Å²) < 4.78 is 13.0. The first-order chi connectivity index (χ1) is 8.79. The standard InChI is InChI=1S/C14H14FNO3/c1-14(2,13(18)19)7-9-5-8-3-4-10(15)6-11(8)16-12(9)17/h3-6H,7H2,1-2H3,(H,16,17)(H,18,19). The summed E-state index contributed by atoms with van der Waals surface area (Å²) in [5.74, 6) is -1.40. The lowest BCUT2D eigenvalue weighted by molar-refractivity contribution is -0.146. The van der Waals surface area contributed by atoms with Gasteiger partial charge in [-0.3, -0.25) is 9.59 Å². The maximum Gasteiger partial charge on any atom is 0.309 e. The van der Waals surface area contributed by atoms with Gasteiger partial charge in [-0.25, -0.2) is 4.39 Å². The van der Waals surface area contributed by atoms with Crippen LogP contribution < -0.4 is 5.56 Å². The number of aromatic nitrogens is 1. The number of carboxylic acids is 1. The van der Waals surface area contributed by atoms with Crippen LogP contribution in [0.5, 0.6) is 0 Å². The lowest BCUT2D eigenvalue weighted by atomic mass is 9.86. The van der Waals surface area contributed by atoms with E-state index in [1.807, 2.05) is 0 Å². The van der Waals surface area contributed by atoms with Crippen molar-refractivity contribution in [3.8, 4) is 0 Å². The summed E-state index contributed by atoms with van der Waals surface area (Å²) in [4.78, 5) is 25.5. The number of halogens is 1. The molecule has 1 heterocycles. The summed E-state index contributed by atoms with van der Waals surface area (Å²) in [5, 5.41) is 9.76. The lowest BCUT2D eigenvalue weighted by Crippen LogP contribution is -2.29. The van der Waals surface area contributed by atoms with Gasteiger partial charge in [0.25, 0.3) is 5.56 Å². The number of hydrogen-bond donors (Lipinski definition) is 2. The molecule has 0 saturated heterocycles. The first kappa shape index (κ1) is 13.3. The van der Waals surface area contributed by atoms with Gasteiger partial charge >= 0.3 is 5.97 Å². The summed E-state index contributed by atoms with van der Waals surface area (Å²) in [7, 11) is 0. The molecular formula is C14H14FNO3. The highest BCUT2D eigenvalue weighted by atomic mass is 19.1. The van der Waals surface area contributed by atoms with Crippen molar-refractivity contribution in [1.29, 1.82) is 0 Å². The minimum Gasteiger partial charge on any atom is -0.481 e. The molecular weight excluding hydrogens is 249 g/mol. The van der Waals surface area contributed by atoms with E-state index < -0.39 is 17.2 Å². The van der Waals surface area contributed by atoms with Crippen molar-refractivity contribution in [2.24, 2.45) is 5.41 Å². The monoisotopic (exact) mass is 263 g/mol. The Kier molecular flexibility index (Phi) is 3.14. The van der Waals surface area contributed by atoms with E-state index in [1.54, 1.807) is 26.0 Å². The number of rotatable bonds is 3. The van der Waals surface area contributed by atoms with E-state index in [-0.39, 0.29) is 12.0 Å². The van der Waals surface area contributed by atoms with Gasteiger partial charge in [-0.1, -0.05) is 0 Å². The molecule has 0 spiro atoms. The molecule has 0 fully saturated rings. The van der Waals surface area contributed by atoms with Crippen LogP contribution in [0, 0.1) is 11.2 Å². The summed E-state index contributed by atoms with van der Waals surface area (Å²) in [6.45, 7) is 3.12. The highest BCUT2D eigenvalue weighted by Crippen LogP contribution is 2.22. The van der Waals surface area contributed by atoms with Crippen molar-refractivity contribution in [3.05, 3.63) is 46.0 Å². The van der Waals surface area contributed by atoms with Crippen LogP contribution in [0.2, 0.25) is 0 Å². The molecule has 19 heavy (non-hydrogen) atoms. The SMILES string of the molecule is CC(C)(Cc1cc2ccc(F)cc2[nH]c1=O)C(=O)O. The molecule has 0 aliphatic rings. The summed E-state index contributed by atoms with van der Waals surface area (Å²) in [5.41, 5.74) is -0.624. The fourth-order valence-electron chi connectivity index (χ4n) is 1.90. The molecule has 2 aromatic rings. The van der Waals surface area contributed by atoms with Crippen molar-refractivity contribution >= 4 is 16.9 Å². The molecule has 5 heteroatoms. The van der Waals surface area contributed by atoms with Crippen LogP contribution in [0.4, 0.5) is 4.39 Å². The third-order valence-corrected chi connectivity index (χ3v) is 3.10. The zero-order chi connectivity index (χ0) is 14.2. The van der Waals surface area contributed by atoms with E-state index in [1.165, 1.54) is 12.1 Å². The number of hydrogen-bond acceptors (Lipinski definition) is 2. The lowest BCUT2D eigenvalue weighted by Gasteiger charge is -2.18. The Morgan fingerprint density at radius 1 is 1.37 bits per heavy atom. The second-order valence-electron chi connectivity index (χ2n) is 5.22. The van der Waals surface area contributed by atoms with E-state index in [2.05, 4.69) is 4.98 Å². The van der Waals surface area contributed by atoms with Crippen molar-refractivity contribution in [2.75, 3.05) is 0 Å². The van der Waals surface area contributed by atoms with E-state index in [9.17, 15) is 14.0 Å². The van der Waals surface area contributed by atoms with Gasteiger partial charge in [0.15, 0.2) is 0 Å². The Morgan fingerprint density at radius 3 is 2.68 bits per heavy atom. The highest BCUT2D eigenvalue weighted by molar-refractivity contribution is 5.79. The third kappa shape index (κ3) is 2.65. The number of fused-ring (bicyclic) bond motifs is 1. The van der Waals surface area contributed by atoms with Crippen LogP contribution in [0.3, 0.4) is 0 Å². The zero-order valence-electron chi connectivity index (χ0n) is 10.7. The molecule has 0 aliphatic heterocycles. The molecule has 1 aromatic heterocycles. The van der Waals surface area contributed by atoms with Crippen molar-refractivity contribution in [3.63, 3.8) is 0 Å². The van der Waals surface area contributed by atoms with Crippen LogP contribution in [0.25, 0.3) is 10.9 Å². The predicted molar refractivity (Wildman–Crippen MR) is 69.6 cm³/mol. The summed E-state index contributed by atoms with van der Waals surface area (Å²) >= 11 is 0. The molecule has 100 valence electrons. The average Bonchev–Trinajstić information content (AvgIpc) is 2.30. The molecule has 4 nitrogen and oxygen atoms in total. The molecule has 0 bridgehead atoms. The van der Waals surface area contributed by atoms with Crippen LogP contribution in [0.15, 0.2) is 29.1 Å². The normalized spacial score (nSPS) is 11.7. The Bertz CT molecular complexity index is 703. The fourth-order valence-corrected chi connectivity index (χ4v) is 1.90. The van der Waals surface area contributed by atoms with Crippen molar-refractivity contribution < 1.29 is 14.3 Å². The summed E-state index contributed by atoms with van der Waals surface area (Å²) in [6.07, 6.45) is 0.116. The molecule has 0 aliphatic carbocycles. The molecule has 0 amide bonds. The van der Waals surface area contributed by atoms with Gasteiger partial charge in [0, 0.05) is 5.56 Å². The first-order valence-corrected chi connectivity index (χ1v) is 5.84. The number of benzene rings is 1. The number of aliphatic carboxylic acids is 1. The predicted octanol–water partition coefficient (Wildman–Crippen LogP) is 2.32. The number of carboxylic acid groups (broad SMARTS) is 1. The fraction of sp³-hybridized carbons (Fsp3) is 0.286. The Balaban J connectivity index is 2.51. The molecule has 0 atom stereocenters. The number of pyridine rings is 1. The maximum absolute atomic E-state index is 13.0. The van der Waals surface area contributed by atoms with E-state index >= 15 is 0 Å². The van der Waals surface area contributed by atoms with Gasteiger partial charge in [0.05, 0.1) is 10.9 Å². The molecule has 2 N–H and O–H groups in total. The Labute approximate surface area is 108 Å². The van der Waals surface area contributed by atoms with Crippen LogP contribution >= 0.6 is 0 Å². The van der Waals surface area contributed by atoms with Gasteiger partial charge in [-0.15, -0.1) is 0 Å². The first-order valence-electron chi connectivity index (χ1n) is 5.84. The molecule has 0 saturated carbocycles.